The van der Waals surface area contributed by atoms with Crippen LogP contribution < -0.4 is 16.8 Å². The molecule has 0 saturated heterocycles. The van der Waals surface area contributed by atoms with E-state index < -0.39 is 10.8 Å². The van der Waals surface area contributed by atoms with Gasteiger partial charge < -0.3 is 16.8 Å². The minimum atomic E-state index is -0.710. The molecular formula is C12H18N4O3. The number of carbonyl (C=O) groups excluding carboxylic acids is 1. The van der Waals surface area contributed by atoms with E-state index in [-0.39, 0.29) is 17.3 Å². The molecule has 0 aromatic heterocycles. The summed E-state index contributed by atoms with van der Waals surface area (Å²) in [4.78, 5) is 21.5. The number of nitro benzene ring substituents is 1. The molecule has 1 aromatic carbocycles. The Morgan fingerprint density at radius 3 is 2.68 bits per heavy atom. The van der Waals surface area contributed by atoms with Gasteiger partial charge in [-0.2, -0.15) is 0 Å². The molecule has 0 aliphatic carbocycles. The van der Waals surface area contributed by atoms with Crippen LogP contribution in [0.25, 0.3) is 0 Å². The van der Waals surface area contributed by atoms with Crippen LogP contribution in [0.15, 0.2) is 18.2 Å². The molecule has 1 unspecified atom stereocenters. The predicted octanol–water partition coefficient (Wildman–Crippen LogP) is 1.23. The van der Waals surface area contributed by atoms with Crippen LogP contribution in [0.5, 0.6) is 0 Å². The van der Waals surface area contributed by atoms with Gasteiger partial charge in [-0.05, 0) is 12.5 Å². The number of non-ortho nitro benzene ring substituents is 1. The van der Waals surface area contributed by atoms with Gasteiger partial charge in [0.05, 0.1) is 10.5 Å². The SMILES string of the molecule is CCCC(CN)Nc1ccc([N+](=O)[O-])cc1C(N)=O. The summed E-state index contributed by atoms with van der Waals surface area (Å²) in [6.45, 7) is 2.43. The Kier molecular flexibility index (Phi) is 5.25. The number of amides is 1. The second kappa shape index (κ2) is 6.69. The number of nitrogens with two attached hydrogens (primary N) is 2. The largest absolute Gasteiger partial charge is 0.380 e. The number of hydrogen-bond donors (Lipinski definition) is 3. The number of anilines is 1. The third-order valence-corrected chi connectivity index (χ3v) is 2.76. The maximum atomic E-state index is 11.4. The molecule has 0 radical (unpaired) electrons. The normalized spacial score (nSPS) is 11.9. The van der Waals surface area contributed by atoms with Gasteiger partial charge in [0.25, 0.3) is 11.6 Å². The van der Waals surface area contributed by atoms with Crippen molar-refractivity contribution in [3.05, 3.63) is 33.9 Å². The summed E-state index contributed by atoms with van der Waals surface area (Å²) in [6.07, 6.45) is 1.78. The van der Waals surface area contributed by atoms with Gasteiger partial charge in [0, 0.05) is 30.4 Å². The molecule has 1 atom stereocenters. The van der Waals surface area contributed by atoms with Gasteiger partial charge in [0.15, 0.2) is 0 Å². The summed E-state index contributed by atoms with van der Waals surface area (Å²) in [7, 11) is 0. The Balaban J connectivity index is 3.06. The Hall–Kier alpha value is -2.15. The van der Waals surface area contributed by atoms with E-state index >= 15 is 0 Å². The van der Waals surface area contributed by atoms with Gasteiger partial charge in [-0.1, -0.05) is 13.3 Å². The molecule has 5 N–H and O–H groups in total. The topological polar surface area (TPSA) is 124 Å². The lowest BCUT2D eigenvalue weighted by atomic mass is 10.1. The number of carbonyl (C=O) groups is 1. The Bertz CT molecular complexity index is 476. The van der Waals surface area contributed by atoms with E-state index in [4.69, 9.17) is 11.5 Å². The molecule has 0 fully saturated rings. The summed E-state index contributed by atoms with van der Waals surface area (Å²) < 4.78 is 0. The lowest BCUT2D eigenvalue weighted by Gasteiger charge is -2.18. The number of hydrogen-bond acceptors (Lipinski definition) is 5. The number of benzene rings is 1. The van der Waals surface area contributed by atoms with E-state index in [9.17, 15) is 14.9 Å². The van der Waals surface area contributed by atoms with Crippen molar-refractivity contribution >= 4 is 17.3 Å². The van der Waals surface area contributed by atoms with Gasteiger partial charge in [0.1, 0.15) is 0 Å². The first-order chi connectivity index (χ1) is 8.99. The zero-order valence-corrected chi connectivity index (χ0v) is 10.8. The highest BCUT2D eigenvalue weighted by Crippen LogP contribution is 2.23. The lowest BCUT2D eigenvalue weighted by molar-refractivity contribution is -0.384. The van der Waals surface area contributed by atoms with Gasteiger partial charge >= 0.3 is 0 Å². The molecule has 0 bridgehead atoms. The minimum Gasteiger partial charge on any atom is -0.380 e. The number of nitro groups is 1. The van der Waals surface area contributed by atoms with Crippen LogP contribution in [0.4, 0.5) is 11.4 Å². The minimum absolute atomic E-state index is 0.00422. The molecular weight excluding hydrogens is 248 g/mol. The third kappa shape index (κ3) is 3.92. The fraction of sp³-hybridized carbons (Fsp3) is 0.417. The molecule has 0 aliphatic rings. The second-order valence-corrected chi connectivity index (χ2v) is 4.22. The quantitative estimate of drug-likeness (QED) is 0.505. The molecule has 7 heteroatoms. The molecule has 1 aromatic rings. The molecule has 7 nitrogen and oxygen atoms in total. The van der Waals surface area contributed by atoms with Crippen molar-refractivity contribution in [2.75, 3.05) is 11.9 Å². The molecule has 104 valence electrons. The zero-order chi connectivity index (χ0) is 14.4. The Morgan fingerprint density at radius 1 is 1.53 bits per heavy atom. The maximum absolute atomic E-state index is 11.4. The van der Waals surface area contributed by atoms with E-state index in [2.05, 4.69) is 5.32 Å². The Labute approximate surface area is 111 Å². The number of nitrogens with zero attached hydrogens (tertiary/aromatic N) is 1. The van der Waals surface area contributed by atoms with Crippen molar-refractivity contribution < 1.29 is 9.72 Å². The van der Waals surface area contributed by atoms with Crippen LogP contribution in [0.2, 0.25) is 0 Å². The van der Waals surface area contributed by atoms with Gasteiger partial charge in [-0.3, -0.25) is 14.9 Å². The lowest BCUT2D eigenvalue weighted by Crippen LogP contribution is -2.29. The molecule has 0 spiro atoms. The van der Waals surface area contributed by atoms with E-state index in [0.717, 1.165) is 12.8 Å². The summed E-state index contributed by atoms with van der Waals surface area (Å²) in [5.74, 6) is -0.710. The first kappa shape index (κ1) is 14.9. The molecule has 19 heavy (non-hydrogen) atoms. The van der Waals surface area contributed by atoms with Crippen molar-refractivity contribution in [2.24, 2.45) is 11.5 Å². The molecule has 1 amide bonds. The molecule has 1 rings (SSSR count). The number of primary amides is 1. The van der Waals surface area contributed by atoms with Crippen molar-refractivity contribution in [3.8, 4) is 0 Å². The fourth-order valence-electron chi connectivity index (χ4n) is 1.79. The predicted molar refractivity (Wildman–Crippen MR) is 73.0 cm³/mol. The monoisotopic (exact) mass is 266 g/mol. The van der Waals surface area contributed by atoms with Crippen molar-refractivity contribution in [1.82, 2.24) is 0 Å². The van der Waals surface area contributed by atoms with Crippen LogP contribution in [0.1, 0.15) is 30.1 Å². The van der Waals surface area contributed by atoms with E-state index in [1.54, 1.807) is 0 Å². The zero-order valence-electron chi connectivity index (χ0n) is 10.8. The van der Waals surface area contributed by atoms with Crippen LogP contribution in [0.3, 0.4) is 0 Å². The van der Waals surface area contributed by atoms with Crippen molar-refractivity contribution in [3.63, 3.8) is 0 Å². The first-order valence-corrected chi connectivity index (χ1v) is 6.04. The third-order valence-electron chi connectivity index (χ3n) is 2.76. The maximum Gasteiger partial charge on any atom is 0.270 e. The second-order valence-electron chi connectivity index (χ2n) is 4.22. The van der Waals surface area contributed by atoms with E-state index in [0.29, 0.717) is 12.2 Å². The Morgan fingerprint density at radius 2 is 2.21 bits per heavy atom. The summed E-state index contributed by atoms with van der Waals surface area (Å²) in [5, 5.41) is 13.8. The van der Waals surface area contributed by atoms with E-state index in [1.165, 1.54) is 18.2 Å². The summed E-state index contributed by atoms with van der Waals surface area (Å²) in [6, 6.07) is 3.99. The first-order valence-electron chi connectivity index (χ1n) is 6.04. The molecule has 0 aliphatic heterocycles. The van der Waals surface area contributed by atoms with Crippen molar-refractivity contribution in [2.45, 2.75) is 25.8 Å². The van der Waals surface area contributed by atoms with E-state index in [1.807, 2.05) is 6.92 Å². The van der Waals surface area contributed by atoms with Crippen molar-refractivity contribution in [1.29, 1.82) is 0 Å². The highest BCUT2D eigenvalue weighted by atomic mass is 16.6. The molecule has 0 saturated carbocycles. The number of rotatable bonds is 7. The van der Waals surface area contributed by atoms with Crippen LogP contribution in [-0.2, 0) is 0 Å². The average Bonchev–Trinajstić information content (AvgIpc) is 2.37. The van der Waals surface area contributed by atoms with Gasteiger partial charge in [-0.15, -0.1) is 0 Å². The smallest absolute Gasteiger partial charge is 0.270 e. The summed E-state index contributed by atoms with van der Waals surface area (Å²) >= 11 is 0. The van der Waals surface area contributed by atoms with Gasteiger partial charge in [0.2, 0.25) is 0 Å². The highest BCUT2D eigenvalue weighted by Gasteiger charge is 2.16. The van der Waals surface area contributed by atoms with Crippen LogP contribution in [0, 0.1) is 10.1 Å². The summed E-state index contributed by atoms with van der Waals surface area (Å²) in [5.41, 5.74) is 11.3. The average molecular weight is 266 g/mol. The standard InChI is InChI=1S/C12H18N4O3/c1-2-3-8(7-13)15-11-5-4-9(16(18)19)6-10(11)12(14)17/h4-6,8,15H,2-3,7,13H2,1H3,(H2,14,17). The number of nitrogens with one attached hydrogen (secondary N) is 1. The fourth-order valence-corrected chi connectivity index (χ4v) is 1.79. The highest BCUT2D eigenvalue weighted by molar-refractivity contribution is 5.99. The van der Waals surface area contributed by atoms with Crippen LogP contribution in [-0.4, -0.2) is 23.4 Å². The van der Waals surface area contributed by atoms with Gasteiger partial charge in [-0.25, -0.2) is 0 Å². The molecule has 0 heterocycles. The van der Waals surface area contributed by atoms with Crippen LogP contribution >= 0.6 is 0 Å².